The van der Waals surface area contributed by atoms with Crippen molar-refractivity contribution in [1.29, 1.82) is 0 Å². The second-order valence-electron chi connectivity index (χ2n) is 9.29. The average molecular weight is 615 g/mol. The molecule has 0 aromatic carbocycles. The third-order valence-corrected chi connectivity index (χ3v) is 5.83. The molecule has 0 heterocycles. The molecule has 0 spiro atoms. The van der Waals surface area contributed by atoms with E-state index < -0.39 is 11.9 Å². The van der Waals surface area contributed by atoms with Crippen LogP contribution >= 0.6 is 0 Å². The van der Waals surface area contributed by atoms with Crippen LogP contribution in [0.5, 0.6) is 0 Å². The molecule has 0 aliphatic rings. The third kappa shape index (κ3) is 38.6. The maximum absolute atomic E-state index is 10.4. The number of carboxylic acid groups (broad SMARTS) is 2. The van der Waals surface area contributed by atoms with Crippen molar-refractivity contribution in [2.24, 2.45) is 11.8 Å². The fourth-order valence-electron chi connectivity index (χ4n) is 3.24. The zero-order valence-corrected chi connectivity index (χ0v) is 26.8. The van der Waals surface area contributed by atoms with Gasteiger partial charge in [-0.25, -0.2) is 0 Å². The summed E-state index contributed by atoms with van der Waals surface area (Å²) in [5.74, 6) is -1.51. The highest BCUT2D eigenvalue weighted by atomic mass is 16.6. The molecule has 0 saturated carbocycles. The van der Waals surface area contributed by atoms with Crippen molar-refractivity contribution in [3.8, 4) is 0 Å². The first-order valence-electron chi connectivity index (χ1n) is 15.5. The molecule has 0 bridgehead atoms. The fourth-order valence-corrected chi connectivity index (χ4v) is 3.24. The zero-order valence-electron chi connectivity index (χ0n) is 26.8. The highest BCUT2D eigenvalue weighted by molar-refractivity contribution is 5.70. The second kappa shape index (κ2) is 39.6. The van der Waals surface area contributed by atoms with Crippen molar-refractivity contribution < 1.29 is 58.4 Å². The van der Waals surface area contributed by atoms with Gasteiger partial charge in [0, 0.05) is 0 Å². The van der Waals surface area contributed by atoms with Crippen molar-refractivity contribution in [2.75, 3.05) is 92.5 Å². The molecule has 0 aromatic heterocycles. The Bertz CT molecular complexity index is 490. The molecule has 2 unspecified atom stereocenters. The lowest BCUT2D eigenvalue weighted by atomic mass is 10.00. The summed E-state index contributed by atoms with van der Waals surface area (Å²) in [6.45, 7) is 13.8. The number of aliphatic hydroxyl groups excluding tert-OH is 2. The standard InChI is InChI=1S/C14H30O8.2C8H16O2/c15-1-3-17-5-7-19-9-11-21-13-14-22-12-10-20-8-6-18-4-2-16;2*1-3-5-6-7(4-2)8(9)10/h15-16H,1-14H2;2*7H,3-6H2,1-2H3,(H,9,10). The van der Waals surface area contributed by atoms with Gasteiger partial charge in [-0.2, -0.15) is 0 Å². The normalized spacial score (nSPS) is 12.0. The van der Waals surface area contributed by atoms with E-state index in [0.29, 0.717) is 79.3 Å². The van der Waals surface area contributed by atoms with Crippen LogP contribution in [0.15, 0.2) is 0 Å². The molecule has 0 aromatic rings. The number of hydrogen-bond acceptors (Lipinski definition) is 10. The Morgan fingerprint density at radius 1 is 0.476 bits per heavy atom. The monoisotopic (exact) mass is 614 g/mol. The number of hydrogen-bond donors (Lipinski definition) is 4. The van der Waals surface area contributed by atoms with E-state index in [1.165, 1.54) is 0 Å². The molecule has 42 heavy (non-hydrogen) atoms. The summed E-state index contributed by atoms with van der Waals surface area (Å²) in [6.07, 6.45) is 7.43. The van der Waals surface area contributed by atoms with Crippen LogP contribution in [-0.4, -0.2) is 125 Å². The Balaban J connectivity index is -0.000000629. The third-order valence-electron chi connectivity index (χ3n) is 5.83. The van der Waals surface area contributed by atoms with Crippen molar-refractivity contribution in [3.05, 3.63) is 0 Å². The molecule has 0 fully saturated rings. The van der Waals surface area contributed by atoms with Crippen LogP contribution in [0.25, 0.3) is 0 Å². The number of unbranched alkanes of at least 4 members (excludes halogenated alkanes) is 2. The van der Waals surface area contributed by atoms with E-state index in [-0.39, 0.29) is 25.0 Å². The fraction of sp³-hybridized carbons (Fsp3) is 0.933. The number of rotatable bonds is 29. The predicted molar refractivity (Wildman–Crippen MR) is 161 cm³/mol. The van der Waals surface area contributed by atoms with Crippen LogP contribution in [0, 0.1) is 11.8 Å². The molecule has 4 N–H and O–H groups in total. The first-order valence-corrected chi connectivity index (χ1v) is 15.5. The van der Waals surface area contributed by atoms with Crippen LogP contribution in [0.4, 0.5) is 0 Å². The van der Waals surface area contributed by atoms with Gasteiger partial charge in [-0.15, -0.1) is 0 Å². The number of ether oxygens (including phenoxy) is 6. The number of aliphatic carboxylic acids is 2. The first kappa shape index (κ1) is 45.1. The van der Waals surface area contributed by atoms with Gasteiger partial charge in [-0.3, -0.25) is 9.59 Å². The Kier molecular flexibility index (Phi) is 42.5. The minimum atomic E-state index is -0.643. The van der Waals surface area contributed by atoms with Crippen LogP contribution < -0.4 is 0 Å². The summed E-state index contributed by atoms with van der Waals surface area (Å²) >= 11 is 0. The van der Waals surface area contributed by atoms with E-state index in [1.54, 1.807) is 0 Å². The SMILES string of the molecule is CCCCC(CC)C(=O)O.CCCCC(CC)C(=O)O.OCCOCCOCCOCCOCCOCCOCCO. The highest BCUT2D eigenvalue weighted by Gasteiger charge is 2.13. The Labute approximate surface area is 254 Å². The lowest BCUT2D eigenvalue weighted by Crippen LogP contribution is -2.14. The lowest BCUT2D eigenvalue weighted by molar-refractivity contribution is -0.143. The maximum Gasteiger partial charge on any atom is 0.306 e. The van der Waals surface area contributed by atoms with Gasteiger partial charge in [0.15, 0.2) is 0 Å². The quantitative estimate of drug-likeness (QED) is 0.0903. The summed E-state index contributed by atoms with van der Waals surface area (Å²) in [5, 5.41) is 34.2. The van der Waals surface area contributed by atoms with Crippen LogP contribution in [0.2, 0.25) is 0 Å². The van der Waals surface area contributed by atoms with E-state index in [2.05, 4.69) is 13.8 Å². The molecule has 2 atom stereocenters. The van der Waals surface area contributed by atoms with E-state index in [1.807, 2.05) is 13.8 Å². The minimum absolute atomic E-state index is 0.0334. The predicted octanol–water partition coefficient (Wildman–Crippen LogP) is 3.65. The van der Waals surface area contributed by atoms with Crippen molar-refractivity contribution in [1.82, 2.24) is 0 Å². The summed E-state index contributed by atoms with van der Waals surface area (Å²) < 4.78 is 31.2. The number of carboxylic acids is 2. The number of carbonyl (C=O) groups is 2. The second-order valence-corrected chi connectivity index (χ2v) is 9.29. The largest absolute Gasteiger partial charge is 0.481 e. The van der Waals surface area contributed by atoms with Crippen molar-refractivity contribution in [2.45, 2.75) is 79.1 Å². The van der Waals surface area contributed by atoms with Gasteiger partial charge in [0.25, 0.3) is 0 Å². The summed E-state index contributed by atoms with van der Waals surface area (Å²) in [4.78, 5) is 20.9. The molecular formula is C30H62O12. The first-order chi connectivity index (χ1) is 20.4. The van der Waals surface area contributed by atoms with E-state index in [0.717, 1.165) is 51.4 Å². The van der Waals surface area contributed by atoms with Crippen molar-refractivity contribution >= 4 is 11.9 Å². The molecule has 12 nitrogen and oxygen atoms in total. The maximum atomic E-state index is 10.4. The molecule has 0 rings (SSSR count). The van der Waals surface area contributed by atoms with Gasteiger partial charge in [-0.1, -0.05) is 53.4 Å². The van der Waals surface area contributed by atoms with Gasteiger partial charge in [0.1, 0.15) is 0 Å². The summed E-state index contributed by atoms with van der Waals surface area (Å²) in [7, 11) is 0. The highest BCUT2D eigenvalue weighted by Crippen LogP contribution is 2.12. The van der Waals surface area contributed by atoms with E-state index in [9.17, 15) is 9.59 Å². The minimum Gasteiger partial charge on any atom is -0.481 e. The molecule has 0 radical (unpaired) electrons. The van der Waals surface area contributed by atoms with Gasteiger partial charge < -0.3 is 48.8 Å². The van der Waals surface area contributed by atoms with Gasteiger partial charge >= 0.3 is 11.9 Å². The Morgan fingerprint density at radius 3 is 0.881 bits per heavy atom. The molecule has 12 heteroatoms. The Hall–Kier alpha value is -1.38. The molecule has 0 saturated heterocycles. The van der Waals surface area contributed by atoms with Crippen LogP contribution in [-0.2, 0) is 38.0 Å². The summed E-state index contributed by atoms with van der Waals surface area (Å²) in [6, 6.07) is 0. The lowest BCUT2D eigenvalue weighted by Gasteiger charge is -2.07. The van der Waals surface area contributed by atoms with Crippen LogP contribution in [0.1, 0.15) is 79.1 Å². The summed E-state index contributed by atoms with van der Waals surface area (Å²) in [5.41, 5.74) is 0. The molecule has 0 amide bonds. The topological polar surface area (TPSA) is 170 Å². The average Bonchev–Trinajstić information content (AvgIpc) is 2.98. The number of aliphatic hydroxyl groups is 2. The molecule has 0 aliphatic carbocycles. The Morgan fingerprint density at radius 2 is 0.714 bits per heavy atom. The van der Waals surface area contributed by atoms with E-state index >= 15 is 0 Å². The molecule has 0 aliphatic heterocycles. The molecule has 254 valence electrons. The van der Waals surface area contributed by atoms with Crippen LogP contribution in [0.3, 0.4) is 0 Å². The van der Waals surface area contributed by atoms with E-state index in [4.69, 9.17) is 48.8 Å². The van der Waals surface area contributed by atoms with Crippen molar-refractivity contribution in [3.63, 3.8) is 0 Å². The van der Waals surface area contributed by atoms with Gasteiger partial charge in [0.05, 0.1) is 104 Å². The molecular weight excluding hydrogens is 552 g/mol. The zero-order chi connectivity index (χ0) is 32.1. The van der Waals surface area contributed by atoms with Gasteiger partial charge in [0.2, 0.25) is 0 Å². The van der Waals surface area contributed by atoms with Gasteiger partial charge in [-0.05, 0) is 25.7 Å². The smallest absolute Gasteiger partial charge is 0.306 e.